The van der Waals surface area contributed by atoms with Gasteiger partial charge in [-0.25, -0.2) is 9.78 Å². The van der Waals surface area contributed by atoms with Crippen LogP contribution in [0.2, 0.25) is 0 Å². The van der Waals surface area contributed by atoms with Gasteiger partial charge in [0.1, 0.15) is 9.88 Å². The number of aromatic nitrogens is 1. The number of rotatable bonds is 4. The molecule has 1 aromatic heterocycles. The highest BCUT2D eigenvalue weighted by molar-refractivity contribution is 7.13. The smallest absolute Gasteiger partial charge is 0.347 e. The third-order valence-corrected chi connectivity index (χ3v) is 5.59. The Balaban J connectivity index is 1.80. The van der Waals surface area contributed by atoms with Crippen molar-refractivity contribution in [2.75, 3.05) is 0 Å². The monoisotopic (exact) mass is 294 g/mol. The van der Waals surface area contributed by atoms with Crippen molar-refractivity contribution in [1.29, 1.82) is 0 Å². The molecule has 0 bridgehead atoms. The minimum absolute atomic E-state index is 0.405. The summed E-state index contributed by atoms with van der Waals surface area (Å²) in [5.74, 6) is -0.405. The number of thiazole rings is 1. The molecule has 1 saturated carbocycles. The number of carbonyl (C=O) groups is 1. The van der Waals surface area contributed by atoms with Gasteiger partial charge in [0.25, 0.3) is 0 Å². The molecule has 1 N–H and O–H groups in total. The van der Waals surface area contributed by atoms with Crippen molar-refractivity contribution in [2.24, 2.45) is 0 Å². The van der Waals surface area contributed by atoms with E-state index in [1.165, 1.54) is 30.6 Å². The highest BCUT2D eigenvalue weighted by Crippen LogP contribution is 2.43. The first-order valence-corrected chi connectivity index (χ1v) is 8.36. The molecule has 3 rings (SSSR count). The molecule has 2 unspecified atom stereocenters. The van der Waals surface area contributed by atoms with Gasteiger partial charge in [-0.2, -0.15) is 0 Å². The number of nitrogens with zero attached hydrogens (tertiary/aromatic N) is 2. The van der Waals surface area contributed by atoms with E-state index in [0.717, 1.165) is 30.1 Å². The van der Waals surface area contributed by atoms with Crippen LogP contribution in [-0.4, -0.2) is 33.0 Å². The van der Waals surface area contributed by atoms with E-state index >= 15 is 0 Å². The first kappa shape index (κ1) is 14.0. The summed E-state index contributed by atoms with van der Waals surface area (Å²) in [4.78, 5) is 18.9. The zero-order valence-corrected chi connectivity index (χ0v) is 12.9. The van der Waals surface area contributed by atoms with Gasteiger partial charge in [0.05, 0.1) is 12.2 Å². The number of hydrogen-bond acceptors (Lipinski definition) is 4. The van der Waals surface area contributed by atoms with Crippen LogP contribution in [0.5, 0.6) is 0 Å². The summed E-state index contributed by atoms with van der Waals surface area (Å²) in [6, 6.07) is 1.14. The van der Waals surface area contributed by atoms with Crippen LogP contribution < -0.4 is 0 Å². The molecule has 2 aliphatic rings. The number of likely N-dealkylation sites (tertiary alicyclic amines) is 1. The molecule has 1 aliphatic carbocycles. The predicted molar refractivity (Wildman–Crippen MR) is 79.4 cm³/mol. The lowest BCUT2D eigenvalue weighted by Gasteiger charge is -2.38. The van der Waals surface area contributed by atoms with Crippen LogP contribution >= 0.6 is 11.3 Å². The molecule has 20 heavy (non-hydrogen) atoms. The Morgan fingerprint density at radius 2 is 1.95 bits per heavy atom. The zero-order chi connectivity index (χ0) is 14.3. The Labute approximate surface area is 123 Å². The molecule has 1 saturated heterocycles. The molecule has 1 aromatic rings. The summed E-state index contributed by atoms with van der Waals surface area (Å²) in [6.45, 7) is 5.34. The lowest BCUT2D eigenvalue weighted by Crippen LogP contribution is -2.42. The van der Waals surface area contributed by atoms with Gasteiger partial charge in [0.15, 0.2) is 0 Å². The minimum atomic E-state index is -0.810. The average molecular weight is 294 g/mol. The predicted octanol–water partition coefficient (Wildman–Crippen LogP) is 3.48. The molecule has 0 aromatic carbocycles. The summed E-state index contributed by atoms with van der Waals surface area (Å²) in [5, 5.41) is 10.3. The van der Waals surface area contributed by atoms with Crippen molar-refractivity contribution >= 4 is 17.3 Å². The summed E-state index contributed by atoms with van der Waals surface area (Å²) < 4.78 is 0. The second-order valence-corrected chi connectivity index (χ2v) is 7.29. The topological polar surface area (TPSA) is 53.4 Å². The summed E-state index contributed by atoms with van der Waals surface area (Å²) in [6.07, 6.45) is 5.96. The number of piperidine rings is 1. The standard InChI is InChI=1S/C15H22N2O2S/c1-9-4-3-5-10(2)17(9)8-12-16-13(11-6-7-11)14(20-12)15(18)19/h9-11H,3-8H2,1-2H3,(H,18,19). The van der Waals surface area contributed by atoms with Crippen molar-refractivity contribution in [3.8, 4) is 0 Å². The third kappa shape index (κ3) is 2.74. The van der Waals surface area contributed by atoms with Gasteiger partial charge in [0.2, 0.25) is 0 Å². The fraction of sp³-hybridized carbons (Fsp3) is 0.733. The summed E-state index contributed by atoms with van der Waals surface area (Å²) in [7, 11) is 0. The Morgan fingerprint density at radius 1 is 1.30 bits per heavy atom. The van der Waals surface area contributed by atoms with Crippen LogP contribution in [-0.2, 0) is 6.54 Å². The van der Waals surface area contributed by atoms with E-state index in [-0.39, 0.29) is 0 Å². The summed E-state index contributed by atoms with van der Waals surface area (Å²) >= 11 is 1.38. The fourth-order valence-electron chi connectivity index (χ4n) is 3.17. The van der Waals surface area contributed by atoms with Crippen LogP contribution in [0.4, 0.5) is 0 Å². The van der Waals surface area contributed by atoms with Crippen LogP contribution in [0.3, 0.4) is 0 Å². The normalized spacial score (nSPS) is 27.7. The number of carboxylic acids is 1. The molecule has 2 fully saturated rings. The van der Waals surface area contributed by atoms with E-state index in [2.05, 4.69) is 23.7 Å². The maximum atomic E-state index is 11.3. The highest BCUT2D eigenvalue weighted by atomic mass is 32.1. The van der Waals surface area contributed by atoms with E-state index < -0.39 is 5.97 Å². The van der Waals surface area contributed by atoms with Gasteiger partial charge < -0.3 is 5.11 Å². The van der Waals surface area contributed by atoms with Crippen LogP contribution in [0.15, 0.2) is 0 Å². The molecule has 4 nitrogen and oxygen atoms in total. The molecular weight excluding hydrogens is 272 g/mol. The zero-order valence-electron chi connectivity index (χ0n) is 12.1. The highest BCUT2D eigenvalue weighted by Gasteiger charge is 2.33. The molecule has 0 spiro atoms. The maximum Gasteiger partial charge on any atom is 0.347 e. The summed E-state index contributed by atoms with van der Waals surface area (Å²) in [5.41, 5.74) is 0.842. The van der Waals surface area contributed by atoms with Crippen LogP contribution in [0, 0.1) is 0 Å². The first-order valence-electron chi connectivity index (χ1n) is 7.55. The lowest BCUT2D eigenvalue weighted by atomic mass is 9.98. The Hall–Kier alpha value is -0.940. The van der Waals surface area contributed by atoms with E-state index in [9.17, 15) is 9.90 Å². The molecule has 1 aliphatic heterocycles. The Bertz CT molecular complexity index is 500. The molecule has 5 heteroatoms. The van der Waals surface area contributed by atoms with Gasteiger partial charge in [-0.05, 0) is 39.5 Å². The van der Waals surface area contributed by atoms with Crippen LogP contribution in [0.1, 0.15) is 72.2 Å². The van der Waals surface area contributed by atoms with Crippen molar-refractivity contribution in [1.82, 2.24) is 9.88 Å². The molecular formula is C15H22N2O2S. The number of hydrogen-bond donors (Lipinski definition) is 1. The SMILES string of the molecule is CC1CCCC(C)N1Cc1nc(C2CC2)c(C(=O)O)s1. The quantitative estimate of drug-likeness (QED) is 0.923. The van der Waals surface area contributed by atoms with Crippen molar-refractivity contribution in [3.63, 3.8) is 0 Å². The fourth-order valence-corrected chi connectivity index (χ4v) is 4.17. The van der Waals surface area contributed by atoms with E-state index in [4.69, 9.17) is 0 Å². The average Bonchev–Trinajstić information content (AvgIpc) is 3.15. The van der Waals surface area contributed by atoms with Gasteiger partial charge in [-0.3, -0.25) is 4.90 Å². The molecule has 2 atom stereocenters. The lowest BCUT2D eigenvalue weighted by molar-refractivity contribution is 0.0700. The maximum absolute atomic E-state index is 11.3. The molecule has 0 amide bonds. The van der Waals surface area contributed by atoms with Crippen LogP contribution in [0.25, 0.3) is 0 Å². The number of aromatic carboxylic acids is 1. The van der Waals surface area contributed by atoms with Gasteiger partial charge in [0, 0.05) is 18.0 Å². The molecule has 0 radical (unpaired) electrons. The second kappa shape index (κ2) is 5.45. The largest absolute Gasteiger partial charge is 0.477 e. The van der Waals surface area contributed by atoms with E-state index in [0.29, 0.717) is 22.9 Å². The minimum Gasteiger partial charge on any atom is -0.477 e. The van der Waals surface area contributed by atoms with Gasteiger partial charge in [-0.1, -0.05) is 6.42 Å². The van der Waals surface area contributed by atoms with Crippen molar-refractivity contribution in [3.05, 3.63) is 15.6 Å². The Kier molecular flexibility index (Phi) is 3.82. The Morgan fingerprint density at radius 3 is 2.50 bits per heavy atom. The third-order valence-electron chi connectivity index (χ3n) is 4.55. The van der Waals surface area contributed by atoms with Gasteiger partial charge in [-0.15, -0.1) is 11.3 Å². The molecule has 2 heterocycles. The van der Waals surface area contributed by atoms with Crippen molar-refractivity contribution in [2.45, 2.75) is 70.5 Å². The second-order valence-electron chi connectivity index (χ2n) is 6.20. The first-order chi connectivity index (χ1) is 9.56. The molecule has 110 valence electrons. The van der Waals surface area contributed by atoms with Gasteiger partial charge >= 0.3 is 5.97 Å². The van der Waals surface area contributed by atoms with Crippen molar-refractivity contribution < 1.29 is 9.90 Å². The number of carboxylic acid groups (broad SMARTS) is 1. The van der Waals surface area contributed by atoms with E-state index in [1.807, 2.05) is 0 Å². The van der Waals surface area contributed by atoms with E-state index in [1.54, 1.807) is 0 Å².